The van der Waals surface area contributed by atoms with Crippen molar-refractivity contribution in [3.8, 4) is 11.5 Å². The van der Waals surface area contributed by atoms with Crippen LogP contribution in [-0.4, -0.2) is 24.3 Å². The molecule has 0 amide bonds. The van der Waals surface area contributed by atoms with Crippen molar-refractivity contribution in [3.63, 3.8) is 0 Å². The quantitative estimate of drug-likeness (QED) is 0.887. The number of hydrogen-bond donors (Lipinski definition) is 2. The molecule has 2 N–H and O–H groups in total. The molecule has 1 aliphatic rings. The third kappa shape index (κ3) is 3.23. The average molecular weight is 319 g/mol. The fraction of sp³-hybridized carbons (Fsp3) is 0.312. The van der Waals surface area contributed by atoms with Crippen LogP contribution in [0.3, 0.4) is 0 Å². The van der Waals surface area contributed by atoms with Gasteiger partial charge < -0.3 is 19.9 Å². The molecule has 0 fully saturated rings. The number of para-hydroxylation sites is 1. The molecule has 0 saturated heterocycles. The van der Waals surface area contributed by atoms with Crippen LogP contribution in [0.5, 0.6) is 11.5 Å². The fourth-order valence-corrected chi connectivity index (χ4v) is 3.15. The zero-order valence-corrected chi connectivity index (χ0v) is 12.8. The Morgan fingerprint density at radius 2 is 2.00 bits per heavy atom. The average Bonchev–Trinajstić information content (AvgIpc) is 2.84. The normalized spacial score (nSPS) is 13.6. The number of carboxylic acids is 1. The summed E-state index contributed by atoms with van der Waals surface area (Å²) in [5, 5.41) is 14.2. The Morgan fingerprint density at radius 1 is 1.18 bits per heavy atom. The van der Waals surface area contributed by atoms with E-state index in [1.165, 1.54) is 11.3 Å². The maximum absolute atomic E-state index is 11.1. The van der Waals surface area contributed by atoms with Crippen molar-refractivity contribution in [2.24, 2.45) is 0 Å². The molecule has 0 radical (unpaired) electrons. The highest BCUT2D eigenvalue weighted by Gasteiger charge is 2.15. The topological polar surface area (TPSA) is 67.8 Å². The van der Waals surface area contributed by atoms with Crippen LogP contribution in [0.25, 0.3) is 0 Å². The molecule has 0 saturated carbocycles. The highest BCUT2D eigenvalue weighted by atomic mass is 32.1. The van der Waals surface area contributed by atoms with E-state index >= 15 is 0 Å². The van der Waals surface area contributed by atoms with Crippen LogP contribution < -0.4 is 14.8 Å². The second kappa shape index (κ2) is 6.81. The van der Waals surface area contributed by atoms with Gasteiger partial charge in [-0.2, -0.15) is 0 Å². The third-order valence-electron chi connectivity index (χ3n) is 3.43. The molecule has 0 atom stereocenters. The van der Waals surface area contributed by atoms with Gasteiger partial charge in [0.1, 0.15) is 4.88 Å². The molecule has 22 heavy (non-hydrogen) atoms. The van der Waals surface area contributed by atoms with Crippen molar-refractivity contribution < 1.29 is 19.4 Å². The number of hydrogen-bond acceptors (Lipinski definition) is 5. The van der Waals surface area contributed by atoms with E-state index in [0.717, 1.165) is 29.0 Å². The second-order valence-corrected chi connectivity index (χ2v) is 5.89. The predicted octanol–water partition coefficient (Wildman–Crippen LogP) is 2.90. The van der Waals surface area contributed by atoms with Gasteiger partial charge in [0.15, 0.2) is 11.5 Å². The largest absolute Gasteiger partial charge is 0.490 e. The van der Waals surface area contributed by atoms with E-state index in [1.807, 2.05) is 24.3 Å². The second-order valence-electron chi connectivity index (χ2n) is 4.98. The van der Waals surface area contributed by atoms with Gasteiger partial charge in [0, 0.05) is 25.1 Å². The van der Waals surface area contributed by atoms with E-state index in [2.05, 4.69) is 5.32 Å². The van der Waals surface area contributed by atoms with E-state index in [-0.39, 0.29) is 0 Å². The molecule has 1 aromatic heterocycles. The van der Waals surface area contributed by atoms with Crippen molar-refractivity contribution in [3.05, 3.63) is 45.6 Å². The highest BCUT2D eigenvalue weighted by Crippen LogP contribution is 2.33. The van der Waals surface area contributed by atoms with Gasteiger partial charge in [-0.3, -0.25) is 0 Å². The summed E-state index contributed by atoms with van der Waals surface area (Å²) in [5.41, 5.74) is 1.82. The number of ether oxygens (including phenoxy) is 2. The van der Waals surface area contributed by atoms with E-state index in [9.17, 15) is 4.79 Å². The van der Waals surface area contributed by atoms with Gasteiger partial charge in [-0.25, -0.2) is 4.79 Å². The highest BCUT2D eigenvalue weighted by molar-refractivity contribution is 7.12. The molecule has 0 bridgehead atoms. The first-order valence-electron chi connectivity index (χ1n) is 7.13. The van der Waals surface area contributed by atoms with E-state index in [4.69, 9.17) is 14.6 Å². The lowest BCUT2D eigenvalue weighted by Gasteiger charge is -2.13. The summed E-state index contributed by atoms with van der Waals surface area (Å²) in [6.07, 6.45) is 0.873. The number of thiophene rings is 1. The predicted molar refractivity (Wildman–Crippen MR) is 83.9 cm³/mol. The number of fused-ring (bicyclic) bond motifs is 1. The van der Waals surface area contributed by atoms with Crippen LogP contribution in [0.2, 0.25) is 0 Å². The number of rotatable bonds is 5. The van der Waals surface area contributed by atoms with Crippen LogP contribution in [-0.2, 0) is 13.1 Å². The van der Waals surface area contributed by atoms with Crippen LogP contribution in [0.4, 0.5) is 0 Å². The summed E-state index contributed by atoms with van der Waals surface area (Å²) in [6, 6.07) is 7.68. The van der Waals surface area contributed by atoms with Crippen LogP contribution in [0.1, 0.15) is 27.2 Å². The zero-order chi connectivity index (χ0) is 15.4. The lowest BCUT2D eigenvalue weighted by Crippen LogP contribution is -2.15. The van der Waals surface area contributed by atoms with Crippen LogP contribution in [0.15, 0.2) is 29.6 Å². The molecule has 2 aromatic rings. The molecule has 1 aromatic carbocycles. The van der Waals surface area contributed by atoms with Gasteiger partial charge in [-0.15, -0.1) is 11.3 Å². The summed E-state index contributed by atoms with van der Waals surface area (Å²) < 4.78 is 11.4. The zero-order valence-electron chi connectivity index (χ0n) is 12.0. The SMILES string of the molecule is O=C(O)c1sccc1CNCc1cccc2c1OCCCO2. The van der Waals surface area contributed by atoms with Crippen molar-refractivity contribution in [2.45, 2.75) is 19.5 Å². The number of aromatic carboxylic acids is 1. The smallest absolute Gasteiger partial charge is 0.346 e. The summed E-state index contributed by atoms with van der Waals surface area (Å²) in [6.45, 7) is 2.43. The van der Waals surface area contributed by atoms with Gasteiger partial charge in [0.05, 0.1) is 13.2 Å². The van der Waals surface area contributed by atoms with Gasteiger partial charge in [0.2, 0.25) is 0 Å². The lowest BCUT2D eigenvalue weighted by molar-refractivity contribution is 0.0701. The minimum absolute atomic E-state index is 0.388. The first kappa shape index (κ1) is 14.9. The van der Waals surface area contributed by atoms with E-state index in [1.54, 1.807) is 5.38 Å². The number of nitrogens with one attached hydrogen (secondary N) is 1. The number of carbonyl (C=O) groups is 1. The summed E-state index contributed by atoms with van der Waals surface area (Å²) in [4.78, 5) is 11.5. The molecule has 116 valence electrons. The molecule has 0 spiro atoms. The van der Waals surface area contributed by atoms with Crippen molar-refractivity contribution >= 4 is 17.3 Å². The Balaban J connectivity index is 1.67. The van der Waals surface area contributed by atoms with Crippen LogP contribution in [0, 0.1) is 0 Å². The number of carboxylic acid groups (broad SMARTS) is 1. The maximum Gasteiger partial charge on any atom is 0.346 e. The van der Waals surface area contributed by atoms with Crippen molar-refractivity contribution in [2.75, 3.05) is 13.2 Å². The molecule has 5 nitrogen and oxygen atoms in total. The Morgan fingerprint density at radius 3 is 2.86 bits per heavy atom. The Hall–Kier alpha value is -2.05. The van der Waals surface area contributed by atoms with E-state index in [0.29, 0.717) is 31.2 Å². The fourth-order valence-electron chi connectivity index (χ4n) is 2.39. The van der Waals surface area contributed by atoms with Gasteiger partial charge in [-0.05, 0) is 23.1 Å². The Labute approximate surface area is 132 Å². The van der Waals surface area contributed by atoms with Crippen molar-refractivity contribution in [1.82, 2.24) is 5.32 Å². The monoisotopic (exact) mass is 319 g/mol. The molecule has 0 aliphatic carbocycles. The van der Waals surface area contributed by atoms with Gasteiger partial charge in [-0.1, -0.05) is 12.1 Å². The minimum Gasteiger partial charge on any atom is -0.490 e. The molecule has 6 heteroatoms. The summed E-state index contributed by atoms with van der Waals surface area (Å²) in [5.74, 6) is 0.687. The third-order valence-corrected chi connectivity index (χ3v) is 4.37. The molecule has 3 rings (SSSR count). The minimum atomic E-state index is -0.878. The summed E-state index contributed by atoms with van der Waals surface area (Å²) >= 11 is 1.25. The maximum atomic E-state index is 11.1. The van der Waals surface area contributed by atoms with Crippen molar-refractivity contribution in [1.29, 1.82) is 0 Å². The Bertz CT molecular complexity index is 668. The molecule has 2 heterocycles. The standard InChI is InChI=1S/C16H17NO4S/c18-16(19)15-12(5-8-22-15)10-17-9-11-3-1-4-13-14(11)21-7-2-6-20-13/h1,3-5,8,17H,2,6-7,9-10H2,(H,18,19). The van der Waals surface area contributed by atoms with Gasteiger partial charge in [0.25, 0.3) is 0 Å². The molecule has 0 unspecified atom stereocenters. The number of benzene rings is 1. The molecule has 1 aliphatic heterocycles. The van der Waals surface area contributed by atoms with E-state index < -0.39 is 5.97 Å². The Kier molecular flexibility index (Phi) is 4.60. The lowest BCUT2D eigenvalue weighted by atomic mass is 10.1. The molecular formula is C16H17NO4S. The first-order valence-corrected chi connectivity index (χ1v) is 8.01. The van der Waals surface area contributed by atoms with Crippen LogP contribution >= 0.6 is 11.3 Å². The van der Waals surface area contributed by atoms with Gasteiger partial charge >= 0.3 is 5.97 Å². The molecular weight excluding hydrogens is 302 g/mol. The first-order chi connectivity index (χ1) is 10.8. The summed E-state index contributed by atoms with van der Waals surface area (Å²) in [7, 11) is 0.